The molecule has 6 nitrogen and oxygen atoms in total. The van der Waals surface area contributed by atoms with Crippen molar-refractivity contribution in [1.82, 2.24) is 15.1 Å². The number of piperazine rings is 1. The van der Waals surface area contributed by atoms with Crippen LogP contribution in [0, 0.1) is 5.92 Å². The van der Waals surface area contributed by atoms with Crippen LogP contribution in [-0.2, 0) is 9.53 Å². The Hall–Kier alpha value is -1.30. The van der Waals surface area contributed by atoms with Gasteiger partial charge in [-0.15, -0.1) is 0 Å². The van der Waals surface area contributed by atoms with Gasteiger partial charge in [-0.05, 0) is 13.0 Å². The molecule has 2 amide bonds. The van der Waals surface area contributed by atoms with Gasteiger partial charge < -0.3 is 19.9 Å². The van der Waals surface area contributed by atoms with Crippen molar-refractivity contribution in [2.24, 2.45) is 5.92 Å². The van der Waals surface area contributed by atoms with E-state index in [1.807, 2.05) is 20.9 Å². The molecule has 1 heterocycles. The van der Waals surface area contributed by atoms with E-state index in [0.29, 0.717) is 12.5 Å². The van der Waals surface area contributed by atoms with Crippen LogP contribution in [0.15, 0.2) is 0 Å². The van der Waals surface area contributed by atoms with Gasteiger partial charge in [0.05, 0.1) is 6.61 Å². The highest BCUT2D eigenvalue weighted by Gasteiger charge is 2.19. The average Bonchev–Trinajstić information content (AvgIpc) is 2.34. The Morgan fingerprint density at radius 3 is 2.39 bits per heavy atom. The maximum atomic E-state index is 11.8. The minimum atomic E-state index is -0.522. The van der Waals surface area contributed by atoms with E-state index >= 15 is 0 Å². The number of hydrogen-bond acceptors (Lipinski definition) is 4. The zero-order valence-electron chi connectivity index (χ0n) is 11.4. The first-order chi connectivity index (χ1) is 8.49. The van der Waals surface area contributed by atoms with Gasteiger partial charge in [-0.25, -0.2) is 4.79 Å². The molecule has 0 unspecified atom stereocenters. The number of nitrogens with one attached hydrogen (secondary N) is 1. The predicted molar refractivity (Wildman–Crippen MR) is 68.3 cm³/mol. The van der Waals surface area contributed by atoms with Crippen molar-refractivity contribution in [3.8, 4) is 0 Å². The standard InChI is InChI=1S/C12H23N3O3/c1-10(2)9-18-12(17)13-8-11(16)15-6-4-14(3)5-7-15/h10H,4-9H2,1-3H3,(H,13,17). The lowest BCUT2D eigenvalue weighted by Gasteiger charge is -2.32. The number of carbonyl (C=O) groups excluding carboxylic acids is 2. The molecule has 0 aliphatic carbocycles. The largest absolute Gasteiger partial charge is 0.449 e. The molecular weight excluding hydrogens is 234 g/mol. The molecule has 1 aliphatic heterocycles. The van der Waals surface area contributed by atoms with E-state index in [1.54, 1.807) is 4.90 Å². The summed E-state index contributed by atoms with van der Waals surface area (Å²) < 4.78 is 4.93. The number of rotatable bonds is 4. The molecule has 6 heteroatoms. The predicted octanol–water partition coefficient (Wildman–Crippen LogP) is 0.143. The van der Waals surface area contributed by atoms with Gasteiger partial charge in [0, 0.05) is 26.2 Å². The Kier molecular flexibility index (Phi) is 5.91. The van der Waals surface area contributed by atoms with Gasteiger partial charge in [-0.2, -0.15) is 0 Å². The number of nitrogens with zero attached hydrogens (tertiary/aromatic N) is 2. The fraction of sp³-hybridized carbons (Fsp3) is 0.833. The molecule has 1 rings (SSSR count). The van der Waals surface area contributed by atoms with Gasteiger partial charge in [0.15, 0.2) is 0 Å². The van der Waals surface area contributed by atoms with Crippen molar-refractivity contribution < 1.29 is 14.3 Å². The van der Waals surface area contributed by atoms with Gasteiger partial charge in [0.25, 0.3) is 0 Å². The molecule has 1 N–H and O–H groups in total. The van der Waals surface area contributed by atoms with Crippen LogP contribution in [0.3, 0.4) is 0 Å². The molecule has 18 heavy (non-hydrogen) atoms. The van der Waals surface area contributed by atoms with Crippen LogP contribution in [0.25, 0.3) is 0 Å². The van der Waals surface area contributed by atoms with Crippen molar-refractivity contribution in [1.29, 1.82) is 0 Å². The fourth-order valence-corrected chi connectivity index (χ4v) is 1.61. The van der Waals surface area contributed by atoms with Crippen molar-refractivity contribution in [3.63, 3.8) is 0 Å². The normalized spacial score (nSPS) is 16.8. The van der Waals surface area contributed by atoms with E-state index in [0.717, 1.165) is 26.2 Å². The monoisotopic (exact) mass is 257 g/mol. The first kappa shape index (κ1) is 14.8. The number of hydrogen-bond donors (Lipinski definition) is 1. The van der Waals surface area contributed by atoms with E-state index < -0.39 is 6.09 Å². The number of amides is 2. The minimum absolute atomic E-state index is 0.0145. The average molecular weight is 257 g/mol. The van der Waals surface area contributed by atoms with E-state index in [4.69, 9.17) is 4.74 Å². The molecule has 1 fully saturated rings. The maximum absolute atomic E-state index is 11.8. The van der Waals surface area contributed by atoms with Gasteiger partial charge in [-0.1, -0.05) is 13.8 Å². The second kappa shape index (κ2) is 7.20. The van der Waals surface area contributed by atoms with Crippen LogP contribution in [0.1, 0.15) is 13.8 Å². The molecule has 0 aromatic heterocycles. The second-order valence-corrected chi connectivity index (χ2v) is 5.03. The number of likely N-dealkylation sites (N-methyl/N-ethyl adjacent to an activating group) is 1. The van der Waals surface area contributed by atoms with Crippen molar-refractivity contribution in [2.45, 2.75) is 13.8 Å². The number of alkyl carbamates (subject to hydrolysis) is 1. The topological polar surface area (TPSA) is 61.9 Å². The van der Waals surface area contributed by atoms with Gasteiger partial charge in [0.1, 0.15) is 6.54 Å². The number of ether oxygens (including phenoxy) is 1. The van der Waals surface area contributed by atoms with Crippen molar-refractivity contribution in [2.75, 3.05) is 46.4 Å². The SMILES string of the molecule is CC(C)COC(=O)NCC(=O)N1CCN(C)CC1. The Balaban J connectivity index is 2.18. The van der Waals surface area contributed by atoms with Crippen LogP contribution in [0.5, 0.6) is 0 Å². The Morgan fingerprint density at radius 2 is 1.83 bits per heavy atom. The summed E-state index contributed by atoms with van der Waals surface area (Å²) >= 11 is 0. The van der Waals surface area contributed by atoms with Crippen LogP contribution in [0.2, 0.25) is 0 Å². The van der Waals surface area contributed by atoms with Crippen molar-refractivity contribution in [3.05, 3.63) is 0 Å². The molecule has 1 aliphatic rings. The Labute approximate surface area is 108 Å². The smallest absolute Gasteiger partial charge is 0.407 e. The van der Waals surface area contributed by atoms with Crippen LogP contribution < -0.4 is 5.32 Å². The summed E-state index contributed by atoms with van der Waals surface area (Å²) in [6, 6.07) is 0. The summed E-state index contributed by atoms with van der Waals surface area (Å²) in [4.78, 5) is 27.0. The molecule has 0 aromatic carbocycles. The van der Waals surface area contributed by atoms with Crippen LogP contribution in [-0.4, -0.2) is 68.2 Å². The van der Waals surface area contributed by atoms with E-state index in [9.17, 15) is 9.59 Å². The van der Waals surface area contributed by atoms with Gasteiger partial charge in [0.2, 0.25) is 5.91 Å². The third-order valence-corrected chi connectivity index (χ3v) is 2.79. The first-order valence-electron chi connectivity index (χ1n) is 6.36. The second-order valence-electron chi connectivity index (χ2n) is 5.03. The lowest BCUT2D eigenvalue weighted by atomic mass is 10.2. The Morgan fingerprint density at radius 1 is 1.22 bits per heavy atom. The molecule has 0 bridgehead atoms. The summed E-state index contributed by atoms with van der Waals surface area (Å²) in [7, 11) is 2.03. The molecular formula is C12H23N3O3. The van der Waals surface area contributed by atoms with Crippen LogP contribution >= 0.6 is 0 Å². The van der Waals surface area contributed by atoms with E-state index in [-0.39, 0.29) is 12.5 Å². The molecule has 0 saturated carbocycles. The molecule has 0 spiro atoms. The lowest BCUT2D eigenvalue weighted by Crippen LogP contribution is -2.50. The highest BCUT2D eigenvalue weighted by molar-refractivity contribution is 5.82. The third-order valence-electron chi connectivity index (χ3n) is 2.79. The summed E-state index contributed by atoms with van der Waals surface area (Å²) in [5, 5.41) is 2.48. The zero-order chi connectivity index (χ0) is 13.5. The van der Waals surface area contributed by atoms with E-state index in [2.05, 4.69) is 10.2 Å². The molecule has 0 radical (unpaired) electrons. The van der Waals surface area contributed by atoms with Gasteiger partial charge >= 0.3 is 6.09 Å². The highest BCUT2D eigenvalue weighted by Crippen LogP contribution is 1.99. The first-order valence-corrected chi connectivity index (χ1v) is 6.36. The van der Waals surface area contributed by atoms with E-state index in [1.165, 1.54) is 0 Å². The minimum Gasteiger partial charge on any atom is -0.449 e. The van der Waals surface area contributed by atoms with Crippen LogP contribution in [0.4, 0.5) is 4.79 Å². The molecule has 0 aromatic rings. The quantitative estimate of drug-likeness (QED) is 0.778. The third kappa shape index (κ3) is 5.35. The summed E-state index contributed by atoms with van der Waals surface area (Å²) in [5.74, 6) is 0.244. The molecule has 1 saturated heterocycles. The lowest BCUT2D eigenvalue weighted by molar-refractivity contribution is -0.131. The highest BCUT2D eigenvalue weighted by atomic mass is 16.5. The van der Waals surface area contributed by atoms with Crippen molar-refractivity contribution >= 4 is 12.0 Å². The molecule has 104 valence electrons. The molecule has 0 atom stereocenters. The number of carbonyl (C=O) groups is 2. The summed E-state index contributed by atoms with van der Waals surface area (Å²) in [6.45, 7) is 7.50. The zero-order valence-corrected chi connectivity index (χ0v) is 11.4. The summed E-state index contributed by atoms with van der Waals surface area (Å²) in [6.07, 6.45) is -0.522. The maximum Gasteiger partial charge on any atom is 0.407 e. The summed E-state index contributed by atoms with van der Waals surface area (Å²) in [5.41, 5.74) is 0. The van der Waals surface area contributed by atoms with Gasteiger partial charge in [-0.3, -0.25) is 4.79 Å². The fourth-order valence-electron chi connectivity index (χ4n) is 1.61. The Bertz CT molecular complexity index is 286.